The Morgan fingerprint density at radius 3 is 1.66 bits per heavy atom. The van der Waals surface area contributed by atoms with Crippen molar-refractivity contribution >= 4 is 19.8 Å². The molecule has 1 aliphatic rings. The summed E-state index contributed by atoms with van der Waals surface area (Å²) in [5.41, 5.74) is 0. The molecule has 0 aromatic carbocycles. The number of ether oxygens (including phenoxy) is 2. The van der Waals surface area contributed by atoms with Crippen LogP contribution in [0, 0.1) is 0 Å². The number of allylic oxidation sites excluding steroid dienone is 11. The van der Waals surface area contributed by atoms with Crippen molar-refractivity contribution < 1.29 is 68.2 Å². The van der Waals surface area contributed by atoms with Gasteiger partial charge in [-0.05, 0) is 70.6 Å². The number of hydrogen-bond acceptors (Lipinski definition) is 13. The van der Waals surface area contributed by atoms with E-state index in [1.54, 1.807) is 6.08 Å². The molecule has 1 aliphatic carbocycles. The molecule has 0 saturated heterocycles. The molecule has 0 amide bonds. The van der Waals surface area contributed by atoms with Crippen LogP contribution in [0.25, 0.3) is 0 Å². The minimum Gasteiger partial charge on any atom is -0.462 e. The highest BCUT2D eigenvalue weighted by molar-refractivity contribution is 7.47. The molecule has 0 aromatic rings. The van der Waals surface area contributed by atoms with Gasteiger partial charge in [-0.3, -0.25) is 18.6 Å². The largest absolute Gasteiger partial charge is 0.472 e. The first-order valence-electron chi connectivity index (χ1n) is 24.3. The van der Waals surface area contributed by atoms with Crippen LogP contribution >= 0.6 is 7.82 Å². The van der Waals surface area contributed by atoms with Crippen molar-refractivity contribution in [3.8, 4) is 0 Å². The summed E-state index contributed by atoms with van der Waals surface area (Å²) in [6.07, 6.45) is 32.5. The zero-order valence-corrected chi connectivity index (χ0v) is 40.3. The zero-order valence-electron chi connectivity index (χ0n) is 39.4. The van der Waals surface area contributed by atoms with Crippen molar-refractivity contribution in [3.63, 3.8) is 0 Å². The van der Waals surface area contributed by atoms with E-state index in [0.29, 0.717) is 19.3 Å². The summed E-state index contributed by atoms with van der Waals surface area (Å²) >= 11 is 0. The quantitative estimate of drug-likeness (QED) is 0.0100. The SMILES string of the molecule is CC/C=C/C/C=C/C=C/C(O)CCCCCCCC(=O)O[C@H](COC(=O)CCCCCCCC/C=C\C/C=C\C/C=C\CCCCCC)COP(=O)(O)OC1[C@H](O)[C@H](O)C(O)[C@H](O)[C@H]1O. The number of rotatable bonds is 39. The lowest BCUT2D eigenvalue weighted by molar-refractivity contribution is -0.220. The average Bonchev–Trinajstić information content (AvgIpc) is 3.28. The zero-order chi connectivity index (χ0) is 48.0. The molecule has 14 nitrogen and oxygen atoms in total. The standard InChI is InChI=1S/C50H85O14P/c1-3-5-7-9-11-12-13-14-15-16-17-18-19-20-21-22-23-25-29-33-37-43(52)61-39-42(40-62-65(59,60)64-50-48(57)46(55)45(54)47(56)49(50)58)63-44(53)38-34-30-26-28-32-36-41(51)35-31-27-24-10-8-6-4-2/h6,8,12-13,15-16,18-19,24,27,31,35,41-42,45-51,54-58H,3-5,7,9-11,14,17,20-23,25-26,28-30,32-34,36-40H2,1-2H3,(H,59,60)/b8-6+,13-12-,16-15-,19-18-,27-24+,35-31+/t41?,42-,45?,46-,47+,48-,49-,50?/m1/s1. The van der Waals surface area contributed by atoms with E-state index in [1.165, 1.54) is 32.1 Å². The van der Waals surface area contributed by atoms with E-state index >= 15 is 0 Å². The van der Waals surface area contributed by atoms with Crippen molar-refractivity contribution in [1.29, 1.82) is 0 Å². The maximum Gasteiger partial charge on any atom is 0.472 e. The first kappa shape index (κ1) is 60.3. The van der Waals surface area contributed by atoms with Crippen molar-refractivity contribution in [2.24, 2.45) is 0 Å². The number of phosphoric acid groups is 1. The second kappa shape index (κ2) is 39.3. The van der Waals surface area contributed by atoms with E-state index in [4.69, 9.17) is 18.5 Å². The molecule has 4 unspecified atom stereocenters. The summed E-state index contributed by atoms with van der Waals surface area (Å²) < 4.78 is 33.5. The highest BCUT2D eigenvalue weighted by Gasteiger charge is 2.51. The summed E-state index contributed by atoms with van der Waals surface area (Å²) in [6, 6.07) is 0. The maximum absolute atomic E-state index is 12.8. The van der Waals surface area contributed by atoms with Gasteiger partial charge in [-0.1, -0.05) is 157 Å². The molecule has 9 atom stereocenters. The van der Waals surface area contributed by atoms with Gasteiger partial charge in [-0.2, -0.15) is 0 Å². The summed E-state index contributed by atoms with van der Waals surface area (Å²) in [5.74, 6) is -1.20. The molecular formula is C50H85O14P. The van der Waals surface area contributed by atoms with Gasteiger partial charge in [-0.25, -0.2) is 4.57 Å². The van der Waals surface area contributed by atoms with Crippen molar-refractivity contribution in [1.82, 2.24) is 0 Å². The molecule has 1 rings (SSSR count). The van der Waals surface area contributed by atoms with Gasteiger partial charge in [0.1, 0.15) is 43.2 Å². The highest BCUT2D eigenvalue weighted by atomic mass is 31.2. The fourth-order valence-corrected chi connectivity index (χ4v) is 7.92. The lowest BCUT2D eigenvalue weighted by atomic mass is 9.85. The molecule has 0 aromatic heterocycles. The second-order valence-electron chi connectivity index (χ2n) is 16.8. The fourth-order valence-electron chi connectivity index (χ4n) is 6.95. The lowest BCUT2D eigenvalue weighted by Gasteiger charge is -2.41. The van der Waals surface area contributed by atoms with Gasteiger partial charge in [0.05, 0.1) is 12.7 Å². The molecule has 7 N–H and O–H groups in total. The summed E-state index contributed by atoms with van der Waals surface area (Å²) in [4.78, 5) is 35.8. The van der Waals surface area contributed by atoms with E-state index in [2.05, 4.69) is 62.5 Å². The molecule has 1 fully saturated rings. The Labute approximate surface area is 389 Å². The van der Waals surface area contributed by atoms with Crippen molar-refractivity contribution in [2.45, 2.75) is 217 Å². The number of hydrogen-bond donors (Lipinski definition) is 7. The first-order valence-corrected chi connectivity index (χ1v) is 25.8. The normalized spacial score (nSPS) is 22.5. The van der Waals surface area contributed by atoms with Crippen LogP contribution in [0.3, 0.4) is 0 Å². The number of phosphoric ester groups is 1. The van der Waals surface area contributed by atoms with Crippen LogP contribution in [0.2, 0.25) is 0 Å². The Morgan fingerprint density at radius 1 is 0.569 bits per heavy atom. The smallest absolute Gasteiger partial charge is 0.462 e. The average molecular weight is 941 g/mol. The van der Waals surface area contributed by atoms with Crippen molar-refractivity contribution in [3.05, 3.63) is 72.9 Å². The number of carbonyl (C=O) groups is 2. The van der Waals surface area contributed by atoms with E-state index < -0.39 is 81.8 Å². The molecule has 0 spiro atoms. The highest BCUT2D eigenvalue weighted by Crippen LogP contribution is 2.47. The van der Waals surface area contributed by atoms with Gasteiger partial charge in [0, 0.05) is 12.8 Å². The Hall–Kier alpha value is -2.75. The van der Waals surface area contributed by atoms with E-state index in [9.17, 15) is 49.7 Å². The third-order valence-corrected chi connectivity index (χ3v) is 11.9. The van der Waals surface area contributed by atoms with Gasteiger partial charge in [0.25, 0.3) is 0 Å². The molecule has 0 bridgehead atoms. The monoisotopic (exact) mass is 941 g/mol. The Kier molecular flexibility index (Phi) is 36.4. The topological polar surface area (TPSA) is 230 Å². The van der Waals surface area contributed by atoms with Crippen LogP contribution in [0.15, 0.2) is 72.9 Å². The van der Waals surface area contributed by atoms with Crippen LogP contribution < -0.4 is 0 Å². The third kappa shape index (κ3) is 31.8. The van der Waals surface area contributed by atoms with Crippen molar-refractivity contribution in [2.75, 3.05) is 13.2 Å². The number of esters is 2. The predicted molar refractivity (Wildman–Crippen MR) is 255 cm³/mol. The Morgan fingerprint density at radius 2 is 1.06 bits per heavy atom. The van der Waals surface area contributed by atoms with Crippen LogP contribution in [0.5, 0.6) is 0 Å². The van der Waals surface area contributed by atoms with Crippen LogP contribution in [0.4, 0.5) is 0 Å². The molecule has 0 heterocycles. The Bertz CT molecular complexity index is 1430. The van der Waals surface area contributed by atoms with Crippen LogP contribution in [0.1, 0.15) is 168 Å². The molecule has 15 heteroatoms. The molecule has 374 valence electrons. The van der Waals surface area contributed by atoms with Crippen LogP contribution in [-0.4, -0.2) is 110 Å². The van der Waals surface area contributed by atoms with Gasteiger partial charge < -0.3 is 45.0 Å². The summed E-state index contributed by atoms with van der Waals surface area (Å²) in [7, 11) is -5.15. The van der Waals surface area contributed by atoms with Gasteiger partial charge in [0.15, 0.2) is 6.10 Å². The predicted octanol–water partition coefficient (Wildman–Crippen LogP) is 8.86. The van der Waals surface area contributed by atoms with Crippen LogP contribution in [-0.2, 0) is 32.7 Å². The maximum atomic E-state index is 12.8. The number of aliphatic hydroxyl groups excluding tert-OH is 6. The fraction of sp³-hybridized carbons (Fsp3) is 0.720. The number of carbonyl (C=O) groups excluding carboxylic acids is 2. The summed E-state index contributed by atoms with van der Waals surface area (Å²) in [6.45, 7) is 3.05. The third-order valence-electron chi connectivity index (χ3n) is 10.9. The molecule has 1 saturated carbocycles. The van der Waals surface area contributed by atoms with E-state index in [1.807, 2.05) is 18.2 Å². The van der Waals surface area contributed by atoms with Gasteiger partial charge in [-0.15, -0.1) is 0 Å². The first-order chi connectivity index (χ1) is 31.3. The lowest BCUT2D eigenvalue weighted by Crippen LogP contribution is -2.64. The molecule has 0 radical (unpaired) electrons. The minimum absolute atomic E-state index is 0.0203. The molecule has 0 aliphatic heterocycles. The molecule has 65 heavy (non-hydrogen) atoms. The number of aliphatic hydroxyl groups is 6. The summed E-state index contributed by atoms with van der Waals surface area (Å²) in [5, 5.41) is 60.4. The number of unbranched alkanes of at least 4 members (excludes halogenated alkanes) is 14. The van der Waals surface area contributed by atoms with E-state index in [0.717, 1.165) is 89.9 Å². The Balaban J connectivity index is 2.47. The second-order valence-corrected chi connectivity index (χ2v) is 18.2. The van der Waals surface area contributed by atoms with Gasteiger partial charge >= 0.3 is 19.8 Å². The molecular weight excluding hydrogens is 856 g/mol. The van der Waals surface area contributed by atoms with E-state index in [-0.39, 0.29) is 12.8 Å². The van der Waals surface area contributed by atoms with Gasteiger partial charge in [0.2, 0.25) is 0 Å². The minimum atomic E-state index is -5.15.